The standard InChI is InChI=1S/C22H17N3O12S4/c23-17-7-9-18(24-25-19-8-6-14(38(26,27)28)12-21(19)40(32,33)34)16-10-15(39(29,30)31)11-20(22(16)17)37-41(35,36)13-4-2-1-3-5-13/h1-12H,23H2,(H,26,27,28)(H,29,30,31)(H,32,33,34). The third kappa shape index (κ3) is 6.51. The second-order valence-electron chi connectivity index (χ2n) is 8.12. The average Bonchev–Trinajstić information content (AvgIpc) is 2.86. The summed E-state index contributed by atoms with van der Waals surface area (Å²) < 4.78 is 130. The smallest absolute Gasteiger partial charge is 0.339 e. The van der Waals surface area contributed by atoms with Gasteiger partial charge in [-0.25, -0.2) is 0 Å². The molecular formula is C22H17N3O12S4. The highest BCUT2D eigenvalue weighted by Gasteiger charge is 2.24. The Morgan fingerprint density at radius 2 is 1.20 bits per heavy atom. The van der Waals surface area contributed by atoms with Crippen molar-refractivity contribution in [3.05, 3.63) is 72.8 Å². The average molecular weight is 644 g/mol. The largest absolute Gasteiger partial charge is 0.398 e. The van der Waals surface area contributed by atoms with Crippen molar-refractivity contribution in [2.45, 2.75) is 19.6 Å². The molecule has 0 saturated heterocycles. The lowest BCUT2D eigenvalue weighted by Crippen LogP contribution is -2.11. The Kier molecular flexibility index (Phi) is 7.64. The maximum atomic E-state index is 12.9. The Bertz CT molecular complexity index is 2170. The summed E-state index contributed by atoms with van der Waals surface area (Å²) in [5, 5.41) is 7.12. The SMILES string of the molecule is Nc1ccc(N=Nc2ccc(S(=O)(=O)O)cc2S(=O)(=O)O)c2cc(S(=O)(=O)O)cc(OS(=O)(=O)c3ccccc3)c12. The molecule has 0 atom stereocenters. The minimum atomic E-state index is -5.10. The van der Waals surface area contributed by atoms with Crippen LogP contribution in [0.15, 0.2) is 103 Å². The van der Waals surface area contributed by atoms with Gasteiger partial charge in [0.1, 0.15) is 15.5 Å². The van der Waals surface area contributed by atoms with E-state index in [0.717, 1.165) is 24.3 Å². The molecule has 0 amide bonds. The third-order valence-electron chi connectivity index (χ3n) is 5.36. The molecule has 0 saturated carbocycles. The van der Waals surface area contributed by atoms with Crippen LogP contribution in [0, 0.1) is 0 Å². The minimum absolute atomic E-state index is 0.116. The highest BCUT2D eigenvalue weighted by molar-refractivity contribution is 7.87. The van der Waals surface area contributed by atoms with Gasteiger partial charge in [0.05, 0.1) is 20.9 Å². The van der Waals surface area contributed by atoms with Crippen molar-refractivity contribution in [1.82, 2.24) is 0 Å². The fourth-order valence-corrected chi connectivity index (χ4v) is 6.25. The predicted molar refractivity (Wildman–Crippen MR) is 143 cm³/mol. The van der Waals surface area contributed by atoms with Crippen molar-refractivity contribution in [3.8, 4) is 5.75 Å². The van der Waals surface area contributed by atoms with E-state index in [-0.39, 0.29) is 27.0 Å². The maximum absolute atomic E-state index is 12.9. The summed E-state index contributed by atoms with van der Waals surface area (Å²) in [6.45, 7) is 0. The number of rotatable bonds is 8. The zero-order valence-corrected chi connectivity index (χ0v) is 23.3. The highest BCUT2D eigenvalue weighted by Crippen LogP contribution is 2.41. The van der Waals surface area contributed by atoms with E-state index in [1.54, 1.807) is 6.07 Å². The molecule has 4 aromatic carbocycles. The van der Waals surface area contributed by atoms with Gasteiger partial charge in [0, 0.05) is 17.1 Å². The van der Waals surface area contributed by atoms with E-state index in [2.05, 4.69) is 10.2 Å². The summed E-state index contributed by atoms with van der Waals surface area (Å²) in [7, 11) is -19.5. The molecule has 41 heavy (non-hydrogen) atoms. The van der Waals surface area contributed by atoms with Crippen LogP contribution in [0.3, 0.4) is 0 Å². The molecule has 0 radical (unpaired) electrons. The number of fused-ring (bicyclic) bond motifs is 1. The normalized spacial score (nSPS) is 13.0. The first-order valence-corrected chi connectivity index (χ1v) is 16.4. The van der Waals surface area contributed by atoms with Crippen LogP contribution in [0.25, 0.3) is 10.8 Å². The molecule has 0 aromatic heterocycles. The molecule has 0 unspecified atom stereocenters. The fourth-order valence-electron chi connectivity index (χ4n) is 3.54. The van der Waals surface area contributed by atoms with E-state index in [1.807, 2.05) is 0 Å². The van der Waals surface area contributed by atoms with Gasteiger partial charge in [0.2, 0.25) is 0 Å². The van der Waals surface area contributed by atoms with E-state index in [1.165, 1.54) is 36.4 Å². The first-order chi connectivity index (χ1) is 18.9. The molecular weight excluding hydrogens is 627 g/mol. The van der Waals surface area contributed by atoms with Crippen LogP contribution in [0.1, 0.15) is 0 Å². The van der Waals surface area contributed by atoms with Crippen LogP contribution in [-0.4, -0.2) is 47.3 Å². The van der Waals surface area contributed by atoms with Crippen molar-refractivity contribution < 1.29 is 51.5 Å². The second-order valence-corrected chi connectivity index (χ2v) is 13.9. The van der Waals surface area contributed by atoms with Gasteiger partial charge in [-0.15, -0.1) is 10.2 Å². The van der Waals surface area contributed by atoms with Gasteiger partial charge in [0.15, 0.2) is 5.75 Å². The lowest BCUT2D eigenvalue weighted by molar-refractivity contribution is 0.477. The molecule has 4 rings (SSSR count). The number of azo groups is 1. The van der Waals surface area contributed by atoms with Crippen LogP contribution in [0.5, 0.6) is 5.75 Å². The number of nitrogen functional groups attached to an aromatic ring is 1. The molecule has 5 N–H and O–H groups in total. The monoisotopic (exact) mass is 643 g/mol. The second kappa shape index (κ2) is 10.4. The quantitative estimate of drug-likeness (QED) is 0.0930. The summed E-state index contributed by atoms with van der Waals surface area (Å²) >= 11 is 0. The molecule has 0 fully saturated rings. The molecule has 0 bridgehead atoms. The van der Waals surface area contributed by atoms with Gasteiger partial charge in [-0.05, 0) is 48.5 Å². The van der Waals surface area contributed by atoms with Crippen LogP contribution in [-0.2, 0) is 40.5 Å². The van der Waals surface area contributed by atoms with Crippen LogP contribution >= 0.6 is 0 Å². The van der Waals surface area contributed by atoms with E-state index >= 15 is 0 Å². The van der Waals surface area contributed by atoms with Crippen molar-refractivity contribution in [2.24, 2.45) is 10.2 Å². The van der Waals surface area contributed by atoms with Gasteiger partial charge in [-0.3, -0.25) is 13.7 Å². The minimum Gasteiger partial charge on any atom is -0.398 e. The molecule has 216 valence electrons. The Labute approximate surface area is 233 Å². The zero-order chi connectivity index (χ0) is 30.4. The Balaban J connectivity index is 1.95. The lowest BCUT2D eigenvalue weighted by atomic mass is 10.1. The molecule has 0 aliphatic heterocycles. The molecule has 19 heteroatoms. The van der Waals surface area contributed by atoms with Gasteiger partial charge in [0.25, 0.3) is 30.4 Å². The number of hydrogen-bond acceptors (Lipinski definition) is 12. The fraction of sp³-hybridized carbons (Fsp3) is 0. The van der Waals surface area contributed by atoms with E-state index in [0.29, 0.717) is 6.07 Å². The summed E-state index contributed by atoms with van der Waals surface area (Å²) in [4.78, 5) is -3.03. The predicted octanol–water partition coefficient (Wildman–Crippen LogP) is 3.35. The number of nitrogens with zero attached hydrogens (tertiary/aromatic N) is 2. The lowest BCUT2D eigenvalue weighted by Gasteiger charge is -2.14. The van der Waals surface area contributed by atoms with Crippen molar-refractivity contribution >= 4 is 68.3 Å². The summed E-state index contributed by atoms with van der Waals surface area (Å²) in [6.07, 6.45) is 0. The Hall–Kier alpha value is -3.98. The maximum Gasteiger partial charge on any atom is 0.339 e. The zero-order valence-electron chi connectivity index (χ0n) is 20.0. The summed E-state index contributed by atoms with van der Waals surface area (Å²) in [5.41, 5.74) is 5.07. The molecule has 0 aliphatic rings. The van der Waals surface area contributed by atoms with Gasteiger partial charge in [-0.2, -0.15) is 33.7 Å². The number of benzene rings is 4. The van der Waals surface area contributed by atoms with Crippen LogP contribution in [0.2, 0.25) is 0 Å². The topological polar surface area (TPSA) is 257 Å². The number of anilines is 1. The summed E-state index contributed by atoms with van der Waals surface area (Å²) in [6, 6.07) is 12.8. The number of nitrogens with two attached hydrogens (primary N) is 1. The molecule has 15 nitrogen and oxygen atoms in total. The Morgan fingerprint density at radius 1 is 0.610 bits per heavy atom. The number of hydrogen-bond donors (Lipinski definition) is 4. The van der Waals surface area contributed by atoms with E-state index < -0.39 is 66.6 Å². The van der Waals surface area contributed by atoms with Gasteiger partial charge >= 0.3 is 10.1 Å². The van der Waals surface area contributed by atoms with Gasteiger partial charge in [-0.1, -0.05) is 18.2 Å². The Morgan fingerprint density at radius 3 is 1.78 bits per heavy atom. The summed E-state index contributed by atoms with van der Waals surface area (Å²) in [5.74, 6) is -0.607. The van der Waals surface area contributed by atoms with Crippen molar-refractivity contribution in [2.75, 3.05) is 5.73 Å². The first-order valence-electron chi connectivity index (χ1n) is 10.7. The molecule has 0 heterocycles. The van der Waals surface area contributed by atoms with Crippen molar-refractivity contribution in [1.29, 1.82) is 0 Å². The van der Waals surface area contributed by atoms with Crippen LogP contribution < -0.4 is 9.92 Å². The van der Waals surface area contributed by atoms with Gasteiger partial charge < -0.3 is 9.92 Å². The van der Waals surface area contributed by atoms with Crippen molar-refractivity contribution in [3.63, 3.8) is 0 Å². The molecule has 0 aliphatic carbocycles. The van der Waals surface area contributed by atoms with Crippen LogP contribution in [0.4, 0.5) is 17.1 Å². The first kappa shape index (κ1) is 30.0. The van der Waals surface area contributed by atoms with E-state index in [9.17, 15) is 47.3 Å². The molecule has 0 spiro atoms. The van der Waals surface area contributed by atoms with E-state index in [4.69, 9.17) is 9.92 Å². The highest BCUT2D eigenvalue weighted by atomic mass is 32.2. The molecule has 4 aromatic rings. The third-order valence-corrected chi connectivity index (χ3v) is 9.18.